The molecule has 5 nitrogen and oxygen atoms in total. The Labute approximate surface area is 139 Å². The van der Waals surface area contributed by atoms with Crippen LogP contribution in [0.1, 0.15) is 13.3 Å². The van der Waals surface area contributed by atoms with Gasteiger partial charge in [-0.25, -0.2) is 8.42 Å². The Bertz CT molecular complexity index is 620. The molecule has 118 valence electrons. The summed E-state index contributed by atoms with van der Waals surface area (Å²) in [5.74, 6) is -0.264. The van der Waals surface area contributed by atoms with E-state index in [4.69, 9.17) is 11.6 Å². The summed E-state index contributed by atoms with van der Waals surface area (Å²) in [6.07, 6.45) is 0.620. The van der Waals surface area contributed by atoms with Crippen LogP contribution in [0, 0.1) is 0 Å². The molecule has 0 aromatic heterocycles. The van der Waals surface area contributed by atoms with Gasteiger partial charge in [-0.15, -0.1) is 0 Å². The summed E-state index contributed by atoms with van der Waals surface area (Å²) < 4.78 is 27.0. The van der Waals surface area contributed by atoms with E-state index in [9.17, 15) is 13.2 Å². The molecule has 0 fully saturated rings. The Morgan fingerprint density at radius 2 is 1.95 bits per heavy atom. The highest BCUT2D eigenvalue weighted by atomic mass is 79.9. The summed E-state index contributed by atoms with van der Waals surface area (Å²) in [6, 6.07) is 4.39. The molecular weight excluding hydrogens is 380 g/mol. The molecule has 0 bridgehead atoms. The van der Waals surface area contributed by atoms with E-state index in [0.717, 1.165) is 0 Å². The van der Waals surface area contributed by atoms with Crippen molar-refractivity contribution in [2.45, 2.75) is 18.2 Å². The fourth-order valence-corrected chi connectivity index (χ4v) is 3.77. The minimum atomic E-state index is -3.73. The zero-order valence-corrected chi connectivity index (χ0v) is 15.3. The predicted octanol–water partition coefficient (Wildman–Crippen LogP) is 2.59. The average molecular weight is 398 g/mol. The Morgan fingerprint density at radius 1 is 1.33 bits per heavy atom. The van der Waals surface area contributed by atoms with Gasteiger partial charge in [0.1, 0.15) is 0 Å². The zero-order chi connectivity index (χ0) is 16.2. The normalized spacial score (nSPS) is 11.7. The number of halogens is 2. The van der Waals surface area contributed by atoms with Crippen LogP contribution >= 0.6 is 27.5 Å². The van der Waals surface area contributed by atoms with Crippen LogP contribution in [0.5, 0.6) is 0 Å². The number of nitrogens with zero attached hydrogens (tertiary/aromatic N) is 2. The molecule has 0 saturated carbocycles. The van der Waals surface area contributed by atoms with Crippen LogP contribution in [0.15, 0.2) is 27.6 Å². The molecule has 8 heteroatoms. The number of hydrogen-bond donors (Lipinski definition) is 0. The molecule has 1 amide bonds. The first-order valence-electron chi connectivity index (χ1n) is 6.35. The summed E-state index contributed by atoms with van der Waals surface area (Å²) in [7, 11) is -0.543. The van der Waals surface area contributed by atoms with Crippen LogP contribution in [0.2, 0.25) is 5.02 Å². The second-order valence-corrected chi connectivity index (χ2v) is 7.90. The molecule has 0 aliphatic carbocycles. The lowest BCUT2D eigenvalue weighted by atomic mass is 10.4. The number of likely N-dealkylation sites (N-methyl/N-ethyl adjacent to an activating group) is 1. The fraction of sp³-hybridized carbons (Fsp3) is 0.462. The molecule has 1 aromatic carbocycles. The number of rotatable bonds is 6. The summed E-state index contributed by atoms with van der Waals surface area (Å²) >= 11 is 9.09. The quantitative estimate of drug-likeness (QED) is 0.741. The molecule has 21 heavy (non-hydrogen) atoms. The van der Waals surface area contributed by atoms with E-state index < -0.39 is 10.0 Å². The van der Waals surface area contributed by atoms with Gasteiger partial charge in [0.25, 0.3) is 0 Å². The topological polar surface area (TPSA) is 57.7 Å². The van der Waals surface area contributed by atoms with Gasteiger partial charge in [-0.1, -0.05) is 18.5 Å². The first-order valence-corrected chi connectivity index (χ1v) is 8.96. The van der Waals surface area contributed by atoms with E-state index in [-0.39, 0.29) is 23.9 Å². The molecule has 0 radical (unpaired) electrons. The minimum absolute atomic E-state index is 0.110. The fourth-order valence-electron chi connectivity index (χ4n) is 1.61. The lowest BCUT2D eigenvalue weighted by Gasteiger charge is -2.23. The van der Waals surface area contributed by atoms with Gasteiger partial charge in [-0.3, -0.25) is 4.79 Å². The van der Waals surface area contributed by atoms with Crippen LogP contribution < -0.4 is 0 Å². The van der Waals surface area contributed by atoms with Gasteiger partial charge in [-0.2, -0.15) is 4.31 Å². The highest BCUT2D eigenvalue weighted by Gasteiger charge is 2.26. The molecule has 0 aliphatic rings. The molecule has 0 aliphatic heterocycles. The van der Waals surface area contributed by atoms with Crippen LogP contribution in [0.3, 0.4) is 0 Å². The van der Waals surface area contributed by atoms with E-state index in [0.29, 0.717) is 15.9 Å². The van der Waals surface area contributed by atoms with Gasteiger partial charge >= 0.3 is 0 Å². The van der Waals surface area contributed by atoms with E-state index in [1.807, 2.05) is 6.92 Å². The van der Waals surface area contributed by atoms with Crippen molar-refractivity contribution < 1.29 is 13.2 Å². The van der Waals surface area contributed by atoms with Gasteiger partial charge in [-0.05, 0) is 40.5 Å². The number of sulfonamides is 1. The van der Waals surface area contributed by atoms with Crippen molar-refractivity contribution >= 4 is 43.5 Å². The van der Waals surface area contributed by atoms with Gasteiger partial charge in [0.05, 0.1) is 16.5 Å². The Hall–Kier alpha value is -0.630. The maximum Gasteiger partial charge on any atom is 0.243 e. The van der Waals surface area contributed by atoms with Gasteiger partial charge in [0.15, 0.2) is 0 Å². The first kappa shape index (κ1) is 18.4. The van der Waals surface area contributed by atoms with Gasteiger partial charge in [0, 0.05) is 25.1 Å². The molecule has 0 saturated heterocycles. The van der Waals surface area contributed by atoms with Gasteiger partial charge in [0.2, 0.25) is 15.9 Å². The maximum atomic E-state index is 12.6. The molecule has 0 N–H and O–H groups in total. The first-order chi connectivity index (χ1) is 9.70. The van der Waals surface area contributed by atoms with Crippen molar-refractivity contribution in [2.24, 2.45) is 0 Å². The van der Waals surface area contributed by atoms with E-state index in [1.165, 1.54) is 27.4 Å². The molecule has 1 aromatic rings. The minimum Gasteiger partial charge on any atom is -0.348 e. The van der Waals surface area contributed by atoms with Crippen molar-refractivity contribution in [3.8, 4) is 0 Å². The van der Waals surface area contributed by atoms with E-state index in [1.54, 1.807) is 14.1 Å². The Kier molecular flexibility index (Phi) is 6.65. The molecule has 0 heterocycles. The van der Waals surface area contributed by atoms with Crippen LogP contribution in [0.25, 0.3) is 0 Å². The average Bonchev–Trinajstić information content (AvgIpc) is 2.40. The standard InChI is InChI=1S/C13H18BrClN2O3S/c1-4-7-17(9-13(18)16(2)3)21(19,20)10-5-6-12(15)11(14)8-10/h5-6,8H,4,7,9H2,1-3H3. The van der Waals surface area contributed by atoms with Crippen molar-refractivity contribution in [1.29, 1.82) is 0 Å². The van der Waals surface area contributed by atoms with Crippen molar-refractivity contribution in [2.75, 3.05) is 27.2 Å². The zero-order valence-electron chi connectivity index (χ0n) is 12.1. The molecule has 0 atom stereocenters. The van der Waals surface area contributed by atoms with Gasteiger partial charge < -0.3 is 4.90 Å². The smallest absolute Gasteiger partial charge is 0.243 e. The number of carbonyl (C=O) groups excluding carboxylic acids is 1. The predicted molar refractivity (Wildman–Crippen MR) is 86.9 cm³/mol. The third-order valence-electron chi connectivity index (χ3n) is 2.81. The summed E-state index contributed by atoms with van der Waals surface area (Å²) in [5, 5.41) is 0.431. The van der Waals surface area contributed by atoms with Crippen LogP contribution in [-0.2, 0) is 14.8 Å². The number of hydrogen-bond acceptors (Lipinski definition) is 3. The third-order valence-corrected chi connectivity index (χ3v) is 5.87. The van der Waals surface area contributed by atoms with Crippen molar-refractivity contribution in [3.63, 3.8) is 0 Å². The maximum absolute atomic E-state index is 12.6. The van der Waals surface area contributed by atoms with Crippen molar-refractivity contribution in [1.82, 2.24) is 9.21 Å². The highest BCUT2D eigenvalue weighted by molar-refractivity contribution is 9.10. The van der Waals surface area contributed by atoms with Crippen LogP contribution in [0.4, 0.5) is 0 Å². The molecule has 1 rings (SSSR count). The summed E-state index contributed by atoms with van der Waals surface area (Å²) in [4.78, 5) is 13.3. The number of benzene rings is 1. The number of amides is 1. The largest absolute Gasteiger partial charge is 0.348 e. The molecule has 0 unspecified atom stereocenters. The Morgan fingerprint density at radius 3 is 2.43 bits per heavy atom. The van der Waals surface area contributed by atoms with Crippen molar-refractivity contribution in [3.05, 3.63) is 27.7 Å². The number of carbonyl (C=O) groups is 1. The molecular formula is C13H18BrClN2O3S. The highest BCUT2D eigenvalue weighted by Crippen LogP contribution is 2.27. The second-order valence-electron chi connectivity index (χ2n) is 4.70. The van der Waals surface area contributed by atoms with E-state index >= 15 is 0 Å². The molecule has 0 spiro atoms. The third kappa shape index (κ3) is 4.67. The van der Waals surface area contributed by atoms with E-state index in [2.05, 4.69) is 15.9 Å². The second kappa shape index (κ2) is 7.58. The lowest BCUT2D eigenvalue weighted by Crippen LogP contribution is -2.40. The monoisotopic (exact) mass is 396 g/mol. The summed E-state index contributed by atoms with van der Waals surface area (Å²) in [5.41, 5.74) is 0. The Balaban J connectivity index is 3.15. The SMILES string of the molecule is CCCN(CC(=O)N(C)C)S(=O)(=O)c1ccc(Cl)c(Br)c1. The lowest BCUT2D eigenvalue weighted by molar-refractivity contribution is -0.128. The summed E-state index contributed by atoms with van der Waals surface area (Å²) in [6.45, 7) is 1.96. The van der Waals surface area contributed by atoms with Crippen LogP contribution in [-0.4, -0.2) is 50.7 Å².